The van der Waals surface area contributed by atoms with Gasteiger partial charge in [-0.1, -0.05) is 29.8 Å². The first-order valence-electron chi connectivity index (χ1n) is 5.95. The Balaban J connectivity index is 1.75. The molecule has 0 saturated carbocycles. The van der Waals surface area contributed by atoms with Crippen molar-refractivity contribution in [2.75, 3.05) is 6.54 Å². The van der Waals surface area contributed by atoms with Gasteiger partial charge in [0.15, 0.2) is 0 Å². The van der Waals surface area contributed by atoms with E-state index in [0.717, 1.165) is 31.1 Å². The largest absolute Gasteiger partial charge is 0.294 e. The summed E-state index contributed by atoms with van der Waals surface area (Å²) in [5.74, 6) is 0. The molecule has 0 aliphatic carbocycles. The summed E-state index contributed by atoms with van der Waals surface area (Å²) < 4.78 is 1.24. The summed E-state index contributed by atoms with van der Waals surface area (Å²) in [5, 5.41) is 0.870. The van der Waals surface area contributed by atoms with E-state index in [1.165, 1.54) is 19.8 Å². The van der Waals surface area contributed by atoms with Crippen LogP contribution in [-0.2, 0) is 19.5 Å². The number of hydrogen-bond acceptors (Lipinski definition) is 2. The second-order valence-electron chi connectivity index (χ2n) is 4.55. The second kappa shape index (κ2) is 5.33. The summed E-state index contributed by atoms with van der Waals surface area (Å²) in [7, 11) is 0. The van der Waals surface area contributed by atoms with Crippen molar-refractivity contribution >= 4 is 38.9 Å². The average Bonchev–Trinajstić information content (AvgIpc) is 2.71. The molecule has 2 aromatic rings. The van der Waals surface area contributed by atoms with Crippen LogP contribution >= 0.6 is 38.9 Å². The van der Waals surface area contributed by atoms with Crippen molar-refractivity contribution in [2.24, 2.45) is 0 Å². The van der Waals surface area contributed by atoms with Crippen LogP contribution in [0.15, 0.2) is 34.1 Å². The Morgan fingerprint density at radius 3 is 3.00 bits per heavy atom. The standard InChI is InChI=1S/C14H13BrClNS/c15-14-7-11-9-17(6-5-13(11)18-14)8-10-3-1-2-4-12(10)16/h1-4,7H,5-6,8-9H2. The molecule has 1 aromatic carbocycles. The molecule has 18 heavy (non-hydrogen) atoms. The molecule has 4 heteroatoms. The van der Waals surface area contributed by atoms with E-state index in [0.29, 0.717) is 0 Å². The molecule has 0 unspecified atom stereocenters. The highest BCUT2D eigenvalue weighted by Crippen LogP contribution is 2.32. The summed E-state index contributed by atoms with van der Waals surface area (Å²) in [6.45, 7) is 3.08. The minimum absolute atomic E-state index is 0.870. The molecule has 1 aliphatic heterocycles. The van der Waals surface area contributed by atoms with Gasteiger partial charge in [-0.15, -0.1) is 11.3 Å². The molecule has 0 atom stereocenters. The number of fused-ring (bicyclic) bond motifs is 1. The van der Waals surface area contributed by atoms with Crippen molar-refractivity contribution in [3.8, 4) is 0 Å². The molecule has 1 aliphatic rings. The van der Waals surface area contributed by atoms with Crippen molar-refractivity contribution in [3.05, 3.63) is 55.1 Å². The van der Waals surface area contributed by atoms with E-state index in [2.05, 4.69) is 39.0 Å². The lowest BCUT2D eigenvalue weighted by molar-refractivity contribution is 0.247. The summed E-state index contributed by atoms with van der Waals surface area (Å²) in [6, 6.07) is 10.4. The lowest BCUT2D eigenvalue weighted by Gasteiger charge is -2.27. The minimum Gasteiger partial charge on any atom is -0.294 e. The molecule has 0 N–H and O–H groups in total. The first kappa shape index (κ1) is 12.7. The number of hydrogen-bond donors (Lipinski definition) is 0. The predicted molar refractivity (Wildman–Crippen MR) is 81.3 cm³/mol. The van der Waals surface area contributed by atoms with Gasteiger partial charge in [-0.3, -0.25) is 4.90 Å². The van der Waals surface area contributed by atoms with Gasteiger partial charge in [0.1, 0.15) is 0 Å². The molecule has 0 fully saturated rings. The summed E-state index contributed by atoms with van der Waals surface area (Å²) in [6.07, 6.45) is 1.15. The number of benzene rings is 1. The lowest BCUT2D eigenvalue weighted by Crippen LogP contribution is -2.29. The van der Waals surface area contributed by atoms with Crippen LogP contribution in [-0.4, -0.2) is 11.4 Å². The summed E-state index contributed by atoms with van der Waals surface area (Å²) >= 11 is 11.7. The van der Waals surface area contributed by atoms with Crippen LogP contribution in [0, 0.1) is 0 Å². The quantitative estimate of drug-likeness (QED) is 0.763. The van der Waals surface area contributed by atoms with Crippen LogP contribution in [0.5, 0.6) is 0 Å². The Hall–Kier alpha value is -0.350. The topological polar surface area (TPSA) is 3.24 Å². The zero-order valence-corrected chi connectivity index (χ0v) is 13.0. The number of halogens is 2. The van der Waals surface area contributed by atoms with Gasteiger partial charge in [0, 0.05) is 29.5 Å². The first-order valence-corrected chi connectivity index (χ1v) is 7.94. The van der Waals surface area contributed by atoms with Crippen molar-refractivity contribution in [1.29, 1.82) is 0 Å². The van der Waals surface area contributed by atoms with Crippen LogP contribution in [0.2, 0.25) is 5.02 Å². The molecular formula is C14H13BrClNS. The van der Waals surface area contributed by atoms with Crippen LogP contribution in [0.1, 0.15) is 16.0 Å². The molecule has 0 spiro atoms. The second-order valence-corrected chi connectivity index (χ2v) is 7.47. The smallest absolute Gasteiger partial charge is 0.0704 e. The third kappa shape index (κ3) is 2.64. The fraction of sp³-hybridized carbons (Fsp3) is 0.286. The normalized spacial score (nSPS) is 15.7. The van der Waals surface area contributed by atoms with Gasteiger partial charge in [-0.05, 0) is 45.6 Å². The monoisotopic (exact) mass is 341 g/mol. The fourth-order valence-corrected chi connectivity index (χ4v) is 4.30. The molecule has 1 nitrogen and oxygen atoms in total. The fourth-order valence-electron chi connectivity index (χ4n) is 2.36. The highest BCUT2D eigenvalue weighted by molar-refractivity contribution is 9.11. The Kier molecular flexibility index (Phi) is 3.76. The van der Waals surface area contributed by atoms with Gasteiger partial charge in [0.2, 0.25) is 0 Å². The van der Waals surface area contributed by atoms with E-state index in [1.54, 1.807) is 0 Å². The number of rotatable bonds is 2. The van der Waals surface area contributed by atoms with Crippen LogP contribution < -0.4 is 0 Å². The zero-order chi connectivity index (χ0) is 12.5. The maximum atomic E-state index is 6.22. The van der Waals surface area contributed by atoms with Crippen LogP contribution in [0.3, 0.4) is 0 Å². The Morgan fingerprint density at radius 1 is 1.33 bits per heavy atom. The zero-order valence-electron chi connectivity index (χ0n) is 9.83. The van der Waals surface area contributed by atoms with Crippen molar-refractivity contribution in [3.63, 3.8) is 0 Å². The van der Waals surface area contributed by atoms with Gasteiger partial charge in [-0.2, -0.15) is 0 Å². The van der Waals surface area contributed by atoms with Crippen molar-refractivity contribution < 1.29 is 0 Å². The van der Waals surface area contributed by atoms with E-state index in [-0.39, 0.29) is 0 Å². The molecule has 0 radical (unpaired) electrons. The lowest BCUT2D eigenvalue weighted by atomic mass is 10.1. The van der Waals surface area contributed by atoms with E-state index in [9.17, 15) is 0 Å². The van der Waals surface area contributed by atoms with Crippen LogP contribution in [0.4, 0.5) is 0 Å². The van der Waals surface area contributed by atoms with Gasteiger partial charge in [0.25, 0.3) is 0 Å². The average molecular weight is 343 g/mol. The molecule has 0 saturated heterocycles. The van der Waals surface area contributed by atoms with Gasteiger partial charge in [0.05, 0.1) is 3.79 Å². The molecular weight excluding hydrogens is 330 g/mol. The van der Waals surface area contributed by atoms with E-state index in [1.807, 2.05) is 23.5 Å². The Bertz CT molecular complexity index is 567. The molecule has 0 amide bonds. The number of nitrogens with zero attached hydrogens (tertiary/aromatic N) is 1. The molecule has 2 heterocycles. The van der Waals surface area contributed by atoms with Crippen molar-refractivity contribution in [1.82, 2.24) is 4.90 Å². The van der Waals surface area contributed by atoms with Crippen LogP contribution in [0.25, 0.3) is 0 Å². The van der Waals surface area contributed by atoms with Gasteiger partial charge < -0.3 is 0 Å². The molecule has 3 rings (SSSR count). The maximum absolute atomic E-state index is 6.22. The predicted octanol–water partition coefficient (Wildman–Crippen LogP) is 4.72. The highest BCUT2D eigenvalue weighted by atomic mass is 79.9. The van der Waals surface area contributed by atoms with Crippen molar-refractivity contribution in [2.45, 2.75) is 19.5 Å². The maximum Gasteiger partial charge on any atom is 0.0704 e. The first-order chi connectivity index (χ1) is 8.72. The Morgan fingerprint density at radius 2 is 2.17 bits per heavy atom. The Labute approximate surface area is 125 Å². The summed E-state index contributed by atoms with van der Waals surface area (Å²) in [5.41, 5.74) is 2.68. The number of thiophene rings is 1. The third-order valence-corrected chi connectivity index (χ3v) is 5.38. The highest BCUT2D eigenvalue weighted by Gasteiger charge is 2.19. The molecule has 94 valence electrons. The summed E-state index contributed by atoms with van der Waals surface area (Å²) in [4.78, 5) is 3.99. The molecule has 1 aromatic heterocycles. The van der Waals surface area contributed by atoms with E-state index >= 15 is 0 Å². The van der Waals surface area contributed by atoms with Gasteiger partial charge in [-0.25, -0.2) is 0 Å². The van der Waals surface area contributed by atoms with Gasteiger partial charge >= 0.3 is 0 Å². The minimum atomic E-state index is 0.870. The van der Waals surface area contributed by atoms with E-state index < -0.39 is 0 Å². The van der Waals surface area contributed by atoms with E-state index in [4.69, 9.17) is 11.6 Å². The molecule has 0 bridgehead atoms. The SMILES string of the molecule is Clc1ccccc1CN1CCc2sc(Br)cc2C1. The third-order valence-electron chi connectivity index (χ3n) is 3.27.